The molecular weight excluding hydrogens is 504 g/mol. The number of aromatic nitrogens is 5. The number of halogens is 1. The lowest BCUT2D eigenvalue weighted by Gasteiger charge is -2.17. The van der Waals surface area contributed by atoms with Gasteiger partial charge in [0.25, 0.3) is 0 Å². The number of thiazole rings is 1. The molecule has 0 amide bonds. The van der Waals surface area contributed by atoms with Crippen LogP contribution in [0.1, 0.15) is 13.2 Å². The molecule has 5 atom stereocenters. The van der Waals surface area contributed by atoms with E-state index >= 15 is 0 Å². The molecule has 34 heavy (non-hydrogen) atoms. The normalized spacial score (nSPS) is 23.7. The number of nitrogens with one attached hydrogen (secondary N) is 1. The van der Waals surface area contributed by atoms with E-state index in [1.54, 1.807) is 30.0 Å². The number of phenols is 1. The molecule has 0 unspecified atom stereocenters. The van der Waals surface area contributed by atoms with Gasteiger partial charge in [-0.1, -0.05) is 11.8 Å². The van der Waals surface area contributed by atoms with Gasteiger partial charge in [-0.05, 0) is 36.7 Å². The summed E-state index contributed by atoms with van der Waals surface area (Å²) < 4.78 is 8.86. The lowest BCUT2D eigenvalue weighted by atomic mass is 10.1. The van der Waals surface area contributed by atoms with E-state index in [-0.39, 0.29) is 17.1 Å². The fourth-order valence-corrected chi connectivity index (χ4v) is 5.95. The summed E-state index contributed by atoms with van der Waals surface area (Å²) in [5, 5.41) is 42.7. The number of rotatable bonds is 7. The van der Waals surface area contributed by atoms with Crippen LogP contribution in [0.3, 0.4) is 0 Å². The summed E-state index contributed by atoms with van der Waals surface area (Å²) in [5.74, 6) is 1.30. The maximum atomic E-state index is 10.4. The van der Waals surface area contributed by atoms with Crippen LogP contribution in [-0.4, -0.2) is 81.6 Å². The molecule has 0 radical (unpaired) electrons. The molecule has 0 aliphatic carbocycles. The highest BCUT2D eigenvalue weighted by Gasteiger charge is 2.44. The monoisotopic (exact) mass is 524 g/mol. The van der Waals surface area contributed by atoms with Crippen molar-refractivity contribution in [3.05, 3.63) is 29.8 Å². The van der Waals surface area contributed by atoms with Gasteiger partial charge in [0.05, 0.1) is 23.2 Å². The highest BCUT2D eigenvalue weighted by Crippen LogP contribution is 2.34. The van der Waals surface area contributed by atoms with Crippen molar-refractivity contribution in [2.45, 2.75) is 41.8 Å². The van der Waals surface area contributed by atoms with Gasteiger partial charge in [0.15, 0.2) is 27.5 Å². The van der Waals surface area contributed by atoms with Gasteiger partial charge in [-0.3, -0.25) is 4.57 Å². The Morgan fingerprint density at radius 1 is 1.26 bits per heavy atom. The predicted octanol–water partition coefficient (Wildman–Crippen LogP) is 2.00. The predicted molar refractivity (Wildman–Crippen MR) is 128 cm³/mol. The van der Waals surface area contributed by atoms with Gasteiger partial charge in [0.2, 0.25) is 5.28 Å². The van der Waals surface area contributed by atoms with Crippen molar-refractivity contribution in [2.24, 2.45) is 0 Å². The van der Waals surface area contributed by atoms with Gasteiger partial charge in [-0.15, -0.1) is 11.3 Å². The summed E-state index contributed by atoms with van der Waals surface area (Å²) in [6.45, 7) is 1.55. The Labute approximate surface area is 206 Å². The van der Waals surface area contributed by atoms with Crippen LogP contribution < -0.4 is 5.32 Å². The molecule has 11 nitrogen and oxygen atoms in total. The Hall–Kier alpha value is -2.26. The van der Waals surface area contributed by atoms with E-state index in [4.69, 9.17) is 16.3 Å². The molecule has 1 aromatic carbocycles. The Kier molecular flexibility index (Phi) is 6.50. The van der Waals surface area contributed by atoms with Crippen LogP contribution in [-0.2, 0) is 4.74 Å². The number of hydrogen-bond acceptors (Lipinski definition) is 12. The molecule has 1 aliphatic heterocycles. The van der Waals surface area contributed by atoms with E-state index in [0.29, 0.717) is 22.7 Å². The highest BCUT2D eigenvalue weighted by atomic mass is 35.5. The number of nitrogens with zero attached hydrogens (tertiary/aromatic N) is 5. The molecule has 180 valence electrons. The molecule has 4 heterocycles. The zero-order valence-corrected chi connectivity index (χ0v) is 20.1. The lowest BCUT2D eigenvalue weighted by molar-refractivity contribution is -0.0511. The van der Waals surface area contributed by atoms with Crippen molar-refractivity contribution in [1.29, 1.82) is 0 Å². The Balaban J connectivity index is 1.33. The summed E-state index contributed by atoms with van der Waals surface area (Å²) in [6.07, 6.45) is -2.99. The third-order valence-electron chi connectivity index (χ3n) is 5.38. The van der Waals surface area contributed by atoms with Crippen LogP contribution in [0.4, 0.5) is 5.82 Å². The molecule has 1 fully saturated rings. The first-order chi connectivity index (χ1) is 16.3. The van der Waals surface area contributed by atoms with Gasteiger partial charge in [0.1, 0.15) is 24.1 Å². The number of benzene rings is 1. The Morgan fingerprint density at radius 2 is 2.09 bits per heavy atom. The molecule has 3 aromatic heterocycles. The summed E-state index contributed by atoms with van der Waals surface area (Å²) in [7, 11) is 0. The van der Waals surface area contributed by atoms with Crippen LogP contribution in [0.25, 0.3) is 21.4 Å². The number of thioether (sulfide) groups is 1. The van der Waals surface area contributed by atoms with E-state index in [2.05, 4.69) is 25.3 Å². The van der Waals surface area contributed by atoms with Crippen molar-refractivity contribution >= 4 is 61.9 Å². The highest BCUT2D eigenvalue weighted by molar-refractivity contribution is 8.01. The van der Waals surface area contributed by atoms with Crippen LogP contribution in [0.15, 0.2) is 28.9 Å². The first kappa shape index (κ1) is 23.5. The van der Waals surface area contributed by atoms with E-state index in [1.165, 1.54) is 22.2 Å². The summed E-state index contributed by atoms with van der Waals surface area (Å²) in [4.78, 5) is 17.4. The smallest absolute Gasteiger partial charge is 0.226 e. The van der Waals surface area contributed by atoms with Crippen molar-refractivity contribution in [2.75, 3.05) is 17.7 Å². The number of hydrogen-bond donors (Lipinski definition) is 5. The largest absolute Gasteiger partial charge is 0.508 e. The lowest BCUT2D eigenvalue weighted by Crippen LogP contribution is -2.33. The molecule has 4 aromatic rings. The molecule has 5 rings (SSSR count). The van der Waals surface area contributed by atoms with Crippen LogP contribution in [0, 0.1) is 0 Å². The van der Waals surface area contributed by atoms with Crippen molar-refractivity contribution in [1.82, 2.24) is 24.5 Å². The van der Waals surface area contributed by atoms with Crippen molar-refractivity contribution in [3.63, 3.8) is 0 Å². The summed E-state index contributed by atoms with van der Waals surface area (Å²) in [6, 6.07) is 5.06. The topological polar surface area (TPSA) is 159 Å². The Bertz CT molecular complexity index is 1340. The third kappa shape index (κ3) is 4.40. The average Bonchev–Trinajstić information content (AvgIpc) is 3.48. The molecular formula is C20H21ClN6O5S2. The minimum atomic E-state index is -1.27. The first-order valence-corrected chi connectivity index (χ1v) is 12.5. The minimum absolute atomic E-state index is 0.0191. The van der Waals surface area contributed by atoms with Gasteiger partial charge < -0.3 is 30.5 Å². The summed E-state index contributed by atoms with van der Waals surface area (Å²) in [5.41, 5.74) is 1.59. The van der Waals surface area contributed by atoms with E-state index in [1.807, 2.05) is 6.92 Å². The minimum Gasteiger partial charge on any atom is -0.508 e. The van der Waals surface area contributed by atoms with E-state index in [0.717, 1.165) is 14.6 Å². The van der Waals surface area contributed by atoms with Gasteiger partial charge in [-0.25, -0.2) is 9.97 Å². The number of aliphatic hydroxyl groups excluding tert-OH is 3. The number of ether oxygens (including phenoxy) is 1. The number of imidazole rings is 1. The molecule has 0 bridgehead atoms. The molecule has 0 saturated carbocycles. The van der Waals surface area contributed by atoms with Crippen molar-refractivity contribution < 1.29 is 25.2 Å². The Morgan fingerprint density at radius 3 is 2.85 bits per heavy atom. The number of anilines is 1. The van der Waals surface area contributed by atoms with Crippen molar-refractivity contribution in [3.8, 4) is 5.75 Å². The molecule has 1 saturated heterocycles. The maximum absolute atomic E-state index is 10.4. The second-order valence-electron chi connectivity index (χ2n) is 7.88. The fourth-order valence-electron chi connectivity index (χ4n) is 3.71. The van der Waals surface area contributed by atoms with Gasteiger partial charge in [0, 0.05) is 11.8 Å². The molecule has 5 N–H and O–H groups in total. The maximum Gasteiger partial charge on any atom is 0.226 e. The second-order valence-corrected chi connectivity index (χ2v) is 10.5. The molecule has 1 aliphatic rings. The van der Waals surface area contributed by atoms with Crippen LogP contribution in [0.5, 0.6) is 5.75 Å². The SMILES string of the molecule is C[C@H](CSc1nc2ccc(O)cc2s1)Nc1nc(Cl)nc2c1ncn2[C@@H]1O[C@H](CO)[C@@H](O)[C@H]1O. The third-order valence-corrected chi connectivity index (χ3v) is 7.97. The number of aliphatic hydroxyl groups is 3. The number of fused-ring (bicyclic) bond motifs is 2. The molecule has 0 spiro atoms. The fraction of sp³-hybridized carbons (Fsp3) is 0.400. The van der Waals surface area contributed by atoms with E-state index < -0.39 is 31.1 Å². The first-order valence-electron chi connectivity index (χ1n) is 10.4. The summed E-state index contributed by atoms with van der Waals surface area (Å²) >= 11 is 9.25. The zero-order valence-electron chi connectivity index (χ0n) is 17.7. The number of aromatic hydroxyl groups is 1. The van der Waals surface area contributed by atoms with Gasteiger partial charge in [-0.2, -0.15) is 9.97 Å². The standard InChI is InChI=1S/C20H21ClN6O5S2/c1-8(6-33-20-24-10-3-2-9(29)4-12(10)34-20)23-16-13-17(26-19(21)25-16)27(7-22-13)18-15(31)14(30)11(5-28)32-18/h2-4,7-8,11,14-15,18,28-31H,5-6H2,1H3,(H,23,25,26)/t8-,11-,14-,15-,18-/m1/s1. The second kappa shape index (κ2) is 9.41. The van der Waals surface area contributed by atoms with Gasteiger partial charge >= 0.3 is 0 Å². The van der Waals surface area contributed by atoms with Crippen LogP contribution >= 0.6 is 34.7 Å². The van der Waals surface area contributed by atoms with E-state index in [9.17, 15) is 20.4 Å². The number of phenolic OH excluding ortho intramolecular Hbond substituents is 1. The molecule has 14 heteroatoms. The zero-order chi connectivity index (χ0) is 24.0. The quantitative estimate of drug-likeness (QED) is 0.178. The van der Waals surface area contributed by atoms with Crippen LogP contribution in [0.2, 0.25) is 5.28 Å². The average molecular weight is 525 g/mol.